The summed E-state index contributed by atoms with van der Waals surface area (Å²) in [6.07, 6.45) is 4.00. The first kappa shape index (κ1) is 11.3. The lowest BCUT2D eigenvalue weighted by molar-refractivity contribution is 0.198. The fourth-order valence-corrected chi connectivity index (χ4v) is 1.92. The van der Waals surface area contributed by atoms with Crippen molar-refractivity contribution in [3.63, 3.8) is 0 Å². The maximum absolute atomic E-state index is 10.5. The van der Waals surface area contributed by atoms with Crippen LogP contribution in [0.25, 0.3) is 0 Å². The summed E-state index contributed by atoms with van der Waals surface area (Å²) in [5.74, 6) is 0.487. The second kappa shape index (κ2) is 5.86. The molecule has 3 N–H and O–H groups in total. The minimum absolute atomic E-state index is 0.421. The summed E-state index contributed by atoms with van der Waals surface area (Å²) in [7, 11) is 0. The van der Waals surface area contributed by atoms with E-state index in [9.17, 15) is 4.79 Å². The van der Waals surface area contributed by atoms with Gasteiger partial charge in [0.25, 0.3) is 0 Å². The Morgan fingerprint density at radius 1 is 1.43 bits per heavy atom. The molecule has 0 aromatic heterocycles. The van der Waals surface area contributed by atoms with Gasteiger partial charge in [-0.3, -0.25) is 0 Å². The quantitative estimate of drug-likeness (QED) is 0.703. The number of carbonyl (C=O) groups is 1. The van der Waals surface area contributed by atoms with Crippen molar-refractivity contribution in [1.82, 2.24) is 10.2 Å². The van der Waals surface area contributed by atoms with E-state index in [1.807, 2.05) is 0 Å². The van der Waals surface area contributed by atoms with Crippen LogP contribution in [0.2, 0.25) is 0 Å². The second-order valence-electron chi connectivity index (χ2n) is 4.21. The van der Waals surface area contributed by atoms with E-state index in [-0.39, 0.29) is 0 Å². The number of primary amides is 1. The van der Waals surface area contributed by atoms with E-state index in [0.717, 1.165) is 6.54 Å². The van der Waals surface area contributed by atoms with Crippen LogP contribution < -0.4 is 11.1 Å². The fraction of sp³-hybridized carbons (Fsp3) is 0.900. The average molecular weight is 199 g/mol. The molecule has 82 valence electrons. The SMILES string of the molecule is CC(CNC(N)=O)CN1CCCCC1. The van der Waals surface area contributed by atoms with Gasteiger partial charge in [-0.05, 0) is 31.8 Å². The molecule has 0 aromatic carbocycles. The maximum Gasteiger partial charge on any atom is 0.312 e. The number of rotatable bonds is 4. The molecule has 0 spiro atoms. The molecule has 2 amide bonds. The molecule has 4 heteroatoms. The minimum atomic E-state index is -0.421. The van der Waals surface area contributed by atoms with E-state index in [2.05, 4.69) is 17.1 Å². The molecule has 1 aliphatic rings. The van der Waals surface area contributed by atoms with Crippen LogP contribution in [0.5, 0.6) is 0 Å². The molecular formula is C10H21N3O. The van der Waals surface area contributed by atoms with Gasteiger partial charge in [-0.1, -0.05) is 13.3 Å². The molecule has 14 heavy (non-hydrogen) atoms. The van der Waals surface area contributed by atoms with Crippen molar-refractivity contribution in [3.05, 3.63) is 0 Å². The number of hydrogen-bond acceptors (Lipinski definition) is 2. The van der Waals surface area contributed by atoms with E-state index in [4.69, 9.17) is 5.73 Å². The van der Waals surface area contributed by atoms with Gasteiger partial charge in [0.15, 0.2) is 0 Å². The number of nitrogens with two attached hydrogens (primary N) is 1. The van der Waals surface area contributed by atoms with Gasteiger partial charge < -0.3 is 16.0 Å². The zero-order valence-corrected chi connectivity index (χ0v) is 8.96. The standard InChI is InChI=1S/C10H21N3O/c1-9(7-12-10(11)14)8-13-5-3-2-4-6-13/h9H,2-8H2,1H3,(H3,11,12,14). The van der Waals surface area contributed by atoms with Crippen molar-refractivity contribution >= 4 is 6.03 Å². The molecular weight excluding hydrogens is 178 g/mol. The van der Waals surface area contributed by atoms with Gasteiger partial charge in [0.2, 0.25) is 0 Å². The highest BCUT2D eigenvalue weighted by Crippen LogP contribution is 2.10. The van der Waals surface area contributed by atoms with Gasteiger partial charge in [0.05, 0.1) is 0 Å². The Bertz CT molecular complexity index is 178. The number of nitrogens with zero attached hydrogens (tertiary/aromatic N) is 1. The third-order valence-corrected chi connectivity index (χ3v) is 2.64. The number of urea groups is 1. The Morgan fingerprint density at radius 2 is 2.07 bits per heavy atom. The summed E-state index contributed by atoms with van der Waals surface area (Å²) < 4.78 is 0. The Morgan fingerprint density at radius 3 is 2.64 bits per heavy atom. The van der Waals surface area contributed by atoms with Crippen LogP contribution in [-0.2, 0) is 0 Å². The van der Waals surface area contributed by atoms with E-state index in [0.29, 0.717) is 12.5 Å². The van der Waals surface area contributed by atoms with Gasteiger partial charge in [-0.25, -0.2) is 4.79 Å². The van der Waals surface area contributed by atoms with Crippen molar-refractivity contribution in [2.75, 3.05) is 26.2 Å². The summed E-state index contributed by atoms with van der Waals surface area (Å²) >= 11 is 0. The van der Waals surface area contributed by atoms with Crippen LogP contribution >= 0.6 is 0 Å². The zero-order valence-electron chi connectivity index (χ0n) is 8.96. The van der Waals surface area contributed by atoms with Crippen molar-refractivity contribution < 1.29 is 4.79 Å². The molecule has 1 saturated heterocycles. The zero-order chi connectivity index (χ0) is 10.4. The monoisotopic (exact) mass is 199 g/mol. The molecule has 1 heterocycles. The first-order valence-corrected chi connectivity index (χ1v) is 5.44. The predicted molar refractivity (Wildman–Crippen MR) is 57.0 cm³/mol. The Hall–Kier alpha value is -0.770. The molecule has 1 rings (SSSR count). The van der Waals surface area contributed by atoms with Gasteiger partial charge in [-0.15, -0.1) is 0 Å². The number of likely N-dealkylation sites (tertiary alicyclic amines) is 1. The summed E-state index contributed by atoms with van der Waals surface area (Å²) in [6, 6.07) is -0.421. The van der Waals surface area contributed by atoms with E-state index in [1.54, 1.807) is 0 Å². The largest absolute Gasteiger partial charge is 0.352 e. The molecule has 0 aromatic rings. The van der Waals surface area contributed by atoms with Gasteiger partial charge in [-0.2, -0.15) is 0 Å². The number of hydrogen-bond donors (Lipinski definition) is 2. The molecule has 0 saturated carbocycles. The first-order chi connectivity index (χ1) is 6.68. The minimum Gasteiger partial charge on any atom is -0.352 e. The summed E-state index contributed by atoms with van der Waals surface area (Å²) in [5.41, 5.74) is 5.01. The normalized spacial score (nSPS) is 20.4. The molecule has 1 fully saturated rings. The van der Waals surface area contributed by atoms with Crippen LogP contribution in [0.4, 0.5) is 4.79 Å². The smallest absolute Gasteiger partial charge is 0.312 e. The Kier molecular flexibility index (Phi) is 4.73. The van der Waals surface area contributed by atoms with Crippen molar-refractivity contribution in [2.24, 2.45) is 11.7 Å². The highest BCUT2D eigenvalue weighted by Gasteiger charge is 2.13. The molecule has 1 atom stereocenters. The molecule has 0 radical (unpaired) electrons. The third-order valence-electron chi connectivity index (χ3n) is 2.64. The van der Waals surface area contributed by atoms with Crippen molar-refractivity contribution in [2.45, 2.75) is 26.2 Å². The van der Waals surface area contributed by atoms with Gasteiger partial charge in [0.1, 0.15) is 0 Å². The highest BCUT2D eigenvalue weighted by molar-refractivity contribution is 5.71. The maximum atomic E-state index is 10.5. The lowest BCUT2D eigenvalue weighted by atomic mass is 10.1. The molecule has 1 unspecified atom stereocenters. The lowest BCUT2D eigenvalue weighted by Crippen LogP contribution is -2.39. The molecule has 0 aliphatic carbocycles. The number of piperidine rings is 1. The highest BCUT2D eigenvalue weighted by atomic mass is 16.2. The molecule has 1 aliphatic heterocycles. The number of amides is 2. The van der Waals surface area contributed by atoms with Crippen LogP contribution in [-0.4, -0.2) is 37.1 Å². The van der Waals surface area contributed by atoms with E-state index < -0.39 is 6.03 Å². The predicted octanol–water partition coefficient (Wildman–Crippen LogP) is 0.777. The van der Waals surface area contributed by atoms with E-state index >= 15 is 0 Å². The second-order valence-corrected chi connectivity index (χ2v) is 4.21. The Labute approximate surface area is 85.8 Å². The lowest BCUT2D eigenvalue weighted by Gasteiger charge is -2.29. The van der Waals surface area contributed by atoms with Crippen molar-refractivity contribution in [3.8, 4) is 0 Å². The van der Waals surface area contributed by atoms with E-state index in [1.165, 1.54) is 32.4 Å². The average Bonchev–Trinajstić information content (AvgIpc) is 2.16. The number of carbonyl (C=O) groups excluding carboxylic acids is 1. The van der Waals surface area contributed by atoms with Crippen molar-refractivity contribution in [1.29, 1.82) is 0 Å². The van der Waals surface area contributed by atoms with Crippen LogP contribution in [0.15, 0.2) is 0 Å². The fourth-order valence-electron chi connectivity index (χ4n) is 1.92. The third kappa shape index (κ3) is 4.46. The van der Waals surface area contributed by atoms with Crippen LogP contribution in [0.3, 0.4) is 0 Å². The molecule has 0 bridgehead atoms. The van der Waals surface area contributed by atoms with Gasteiger partial charge in [0, 0.05) is 13.1 Å². The topological polar surface area (TPSA) is 58.4 Å². The number of nitrogens with one attached hydrogen (secondary N) is 1. The molecule has 4 nitrogen and oxygen atoms in total. The van der Waals surface area contributed by atoms with Gasteiger partial charge >= 0.3 is 6.03 Å². The summed E-state index contributed by atoms with van der Waals surface area (Å²) in [5, 5.41) is 2.65. The van der Waals surface area contributed by atoms with Crippen LogP contribution in [0, 0.1) is 5.92 Å². The summed E-state index contributed by atoms with van der Waals surface area (Å²) in [6.45, 7) is 6.32. The summed E-state index contributed by atoms with van der Waals surface area (Å²) in [4.78, 5) is 13.0. The van der Waals surface area contributed by atoms with Crippen LogP contribution in [0.1, 0.15) is 26.2 Å². The Balaban J connectivity index is 2.11. The first-order valence-electron chi connectivity index (χ1n) is 5.44.